The van der Waals surface area contributed by atoms with Gasteiger partial charge in [-0.25, -0.2) is 0 Å². The smallest absolute Gasteiger partial charge is 0.317 e. The molecule has 0 heterocycles. The number of ether oxygens (including phenoxy) is 1. The number of nitrogens with zero attached hydrogens (tertiary/aromatic N) is 1. The van der Waals surface area contributed by atoms with Gasteiger partial charge in [-0.05, 0) is 43.3 Å². The van der Waals surface area contributed by atoms with Gasteiger partial charge in [0.15, 0.2) is 5.44 Å². The first-order chi connectivity index (χ1) is 12.5. The molecule has 0 bridgehead atoms. The monoisotopic (exact) mass is 393 g/mol. The van der Waals surface area contributed by atoms with E-state index in [1.807, 2.05) is 66.4 Å². The highest BCUT2D eigenvalue weighted by molar-refractivity contribution is 7.99. The molecule has 0 radical (unpaired) electrons. The topological polar surface area (TPSA) is 49.8 Å². The van der Waals surface area contributed by atoms with Gasteiger partial charge in [0.1, 0.15) is 5.75 Å². The Bertz CT molecular complexity index is 698. The number of aliphatic carboxylic acids is 1. The Balaban J connectivity index is 2.28. The highest BCUT2D eigenvalue weighted by atomic mass is 35.5. The zero-order valence-electron chi connectivity index (χ0n) is 15.0. The summed E-state index contributed by atoms with van der Waals surface area (Å²) in [7, 11) is 0. The zero-order valence-corrected chi connectivity index (χ0v) is 16.5. The fraction of sp³-hybridized carbons (Fsp3) is 0.350. The molecule has 4 nitrogen and oxygen atoms in total. The minimum absolute atomic E-state index is 0.0141. The van der Waals surface area contributed by atoms with E-state index in [0.29, 0.717) is 11.6 Å². The number of hydrogen-bond acceptors (Lipinski definition) is 4. The maximum atomic E-state index is 11.3. The molecule has 2 rings (SSSR count). The number of rotatable bonds is 10. The van der Waals surface area contributed by atoms with Gasteiger partial charge in [-0.1, -0.05) is 61.5 Å². The van der Waals surface area contributed by atoms with Crippen LogP contribution >= 0.6 is 23.4 Å². The van der Waals surface area contributed by atoms with E-state index in [1.54, 1.807) is 11.8 Å². The van der Waals surface area contributed by atoms with Gasteiger partial charge in [-0.3, -0.25) is 9.69 Å². The summed E-state index contributed by atoms with van der Waals surface area (Å²) in [5.74, 6) is -0.0756. The molecule has 1 N–H and O–H groups in total. The molecule has 0 saturated carbocycles. The lowest BCUT2D eigenvalue weighted by Gasteiger charge is -2.34. The van der Waals surface area contributed by atoms with Gasteiger partial charge >= 0.3 is 5.97 Å². The van der Waals surface area contributed by atoms with Gasteiger partial charge < -0.3 is 9.84 Å². The van der Waals surface area contributed by atoms with Crippen LogP contribution in [0, 0.1) is 0 Å². The van der Waals surface area contributed by atoms with Gasteiger partial charge in [0.25, 0.3) is 0 Å². The second-order valence-electron chi connectivity index (χ2n) is 5.81. The third-order valence-corrected chi connectivity index (χ3v) is 5.39. The number of carboxylic acids is 1. The van der Waals surface area contributed by atoms with Gasteiger partial charge in [-0.2, -0.15) is 0 Å². The number of carboxylic acid groups (broad SMARTS) is 1. The standard InChI is InChI=1S/C20H24ClNO3S/c1-3-18(22(4-2)14-19(23)24)20(25-16-10-6-5-7-11-16)26-17-12-8-9-15(21)13-17/h5-13,18,20H,3-4,14H2,1-2H3,(H,23,24)/t18-,20+/m0/s1. The Morgan fingerprint density at radius 2 is 1.92 bits per heavy atom. The van der Waals surface area contributed by atoms with Gasteiger partial charge in [0, 0.05) is 9.92 Å². The number of likely N-dealkylation sites (N-methyl/N-ethyl adjacent to an activating group) is 1. The molecule has 140 valence electrons. The molecule has 0 aliphatic rings. The number of halogens is 1. The minimum Gasteiger partial charge on any atom is -0.480 e. The summed E-state index contributed by atoms with van der Waals surface area (Å²) in [5, 5.41) is 9.92. The molecular weight excluding hydrogens is 370 g/mol. The molecule has 0 spiro atoms. The molecule has 0 fully saturated rings. The molecule has 0 unspecified atom stereocenters. The van der Waals surface area contributed by atoms with Crippen LogP contribution in [-0.4, -0.2) is 40.5 Å². The van der Waals surface area contributed by atoms with Crippen molar-refractivity contribution in [3.63, 3.8) is 0 Å². The molecule has 2 aromatic carbocycles. The Hall–Kier alpha value is -1.69. The van der Waals surface area contributed by atoms with Crippen LogP contribution < -0.4 is 4.74 Å². The lowest BCUT2D eigenvalue weighted by atomic mass is 10.2. The Morgan fingerprint density at radius 3 is 2.50 bits per heavy atom. The largest absolute Gasteiger partial charge is 0.480 e. The maximum Gasteiger partial charge on any atom is 0.317 e. The van der Waals surface area contributed by atoms with Crippen LogP contribution in [0.25, 0.3) is 0 Å². The van der Waals surface area contributed by atoms with Crippen LogP contribution in [-0.2, 0) is 4.79 Å². The summed E-state index contributed by atoms with van der Waals surface area (Å²) in [6.07, 6.45) is 0.770. The number of carbonyl (C=O) groups is 1. The minimum atomic E-state index is -0.837. The first-order valence-electron chi connectivity index (χ1n) is 8.63. The van der Waals surface area contributed by atoms with E-state index in [-0.39, 0.29) is 18.0 Å². The van der Waals surface area contributed by atoms with Gasteiger partial charge in [0.05, 0.1) is 12.6 Å². The molecule has 0 aliphatic carbocycles. The molecular formula is C20H24ClNO3S. The Kier molecular flexibility index (Phi) is 8.29. The van der Waals surface area contributed by atoms with Crippen molar-refractivity contribution in [3.05, 3.63) is 59.6 Å². The molecule has 0 saturated heterocycles. The van der Waals surface area contributed by atoms with Crippen LogP contribution in [0.5, 0.6) is 5.75 Å². The van der Waals surface area contributed by atoms with Gasteiger partial charge in [-0.15, -0.1) is 0 Å². The van der Waals surface area contributed by atoms with Crippen LogP contribution in [0.3, 0.4) is 0 Å². The van der Waals surface area contributed by atoms with Crippen molar-refractivity contribution >= 4 is 29.3 Å². The van der Waals surface area contributed by atoms with Crippen molar-refractivity contribution in [2.75, 3.05) is 13.1 Å². The predicted octanol–water partition coefficient (Wildman–Crippen LogP) is 5.02. The fourth-order valence-electron chi connectivity index (χ4n) is 2.75. The maximum absolute atomic E-state index is 11.3. The molecule has 6 heteroatoms. The first-order valence-corrected chi connectivity index (χ1v) is 9.89. The third kappa shape index (κ3) is 6.24. The van der Waals surface area contributed by atoms with Crippen LogP contribution in [0.15, 0.2) is 59.5 Å². The van der Waals surface area contributed by atoms with E-state index in [1.165, 1.54) is 0 Å². The second kappa shape index (κ2) is 10.5. The molecule has 0 amide bonds. The van der Waals surface area contributed by atoms with E-state index in [4.69, 9.17) is 16.3 Å². The third-order valence-electron chi connectivity index (χ3n) is 3.99. The summed E-state index contributed by atoms with van der Waals surface area (Å²) in [4.78, 5) is 14.2. The van der Waals surface area contributed by atoms with E-state index >= 15 is 0 Å². The summed E-state index contributed by atoms with van der Waals surface area (Å²) in [6.45, 7) is 4.64. The normalized spacial score (nSPS) is 13.4. The summed E-state index contributed by atoms with van der Waals surface area (Å²) in [5.41, 5.74) is -0.264. The Labute approximate surface area is 164 Å². The molecule has 0 aromatic heterocycles. The number of hydrogen-bond donors (Lipinski definition) is 1. The van der Waals surface area contributed by atoms with Gasteiger partial charge in [0.2, 0.25) is 0 Å². The number of thioether (sulfide) groups is 1. The van der Waals surface area contributed by atoms with Crippen molar-refractivity contribution in [3.8, 4) is 5.75 Å². The number of para-hydroxylation sites is 1. The summed E-state index contributed by atoms with van der Waals surface area (Å²) < 4.78 is 6.26. The highest BCUT2D eigenvalue weighted by Crippen LogP contribution is 2.32. The zero-order chi connectivity index (χ0) is 18.9. The van der Waals surface area contributed by atoms with Crippen molar-refractivity contribution in [2.24, 2.45) is 0 Å². The van der Waals surface area contributed by atoms with Crippen molar-refractivity contribution in [1.29, 1.82) is 0 Å². The molecule has 2 atom stereocenters. The molecule has 2 aromatic rings. The quantitative estimate of drug-likeness (QED) is 0.453. The van der Waals surface area contributed by atoms with Crippen molar-refractivity contribution in [2.45, 2.75) is 36.6 Å². The Morgan fingerprint density at radius 1 is 1.19 bits per heavy atom. The average Bonchev–Trinajstić information content (AvgIpc) is 2.62. The van der Waals surface area contributed by atoms with Crippen LogP contribution in [0.4, 0.5) is 0 Å². The van der Waals surface area contributed by atoms with E-state index in [0.717, 1.165) is 17.1 Å². The van der Waals surface area contributed by atoms with E-state index in [2.05, 4.69) is 6.92 Å². The molecule has 0 aliphatic heterocycles. The molecule has 26 heavy (non-hydrogen) atoms. The summed E-state index contributed by atoms with van der Waals surface area (Å²) in [6, 6.07) is 17.2. The van der Waals surface area contributed by atoms with E-state index in [9.17, 15) is 9.90 Å². The first kappa shape index (κ1) is 20.6. The highest BCUT2D eigenvalue weighted by Gasteiger charge is 2.29. The lowest BCUT2D eigenvalue weighted by Crippen LogP contribution is -2.46. The van der Waals surface area contributed by atoms with Crippen molar-refractivity contribution < 1.29 is 14.6 Å². The van der Waals surface area contributed by atoms with E-state index < -0.39 is 5.97 Å². The number of benzene rings is 2. The fourth-order valence-corrected chi connectivity index (χ4v) is 4.31. The summed E-state index contributed by atoms with van der Waals surface area (Å²) >= 11 is 7.68. The van der Waals surface area contributed by atoms with Crippen LogP contribution in [0.1, 0.15) is 20.3 Å². The average molecular weight is 394 g/mol. The lowest BCUT2D eigenvalue weighted by molar-refractivity contribution is -0.139. The predicted molar refractivity (Wildman–Crippen MR) is 107 cm³/mol. The SMILES string of the molecule is CC[C@@H]([C@H](Oc1ccccc1)Sc1cccc(Cl)c1)N(CC)CC(=O)O. The second-order valence-corrected chi connectivity index (χ2v) is 7.42. The van der Waals surface area contributed by atoms with Crippen LogP contribution in [0.2, 0.25) is 5.02 Å². The van der Waals surface area contributed by atoms with Crippen molar-refractivity contribution in [1.82, 2.24) is 4.90 Å².